The first-order valence-corrected chi connectivity index (χ1v) is 16.4. The van der Waals surface area contributed by atoms with E-state index in [1.54, 1.807) is 29.2 Å². The van der Waals surface area contributed by atoms with Crippen molar-refractivity contribution in [3.8, 4) is 5.75 Å². The smallest absolute Gasteiger partial charge is 0.338 e. The molecule has 3 aliphatic rings. The first-order chi connectivity index (χ1) is 20.5. The fraction of sp³-hybridized carbons (Fsp3) is 0.516. The number of anilines is 1. The second-order valence-electron chi connectivity index (χ2n) is 11.8. The molecule has 2 heterocycles. The van der Waals surface area contributed by atoms with Crippen LogP contribution in [0.4, 0.5) is 5.69 Å². The number of methoxy groups -OCH3 is 1. The lowest BCUT2D eigenvalue weighted by Gasteiger charge is -2.39. The van der Waals surface area contributed by atoms with Gasteiger partial charge in [0.1, 0.15) is 5.75 Å². The SMILES string of the molecule is CCOc1cc(C(=O)OC)c(C2CC2)cc1CN1CCC2(CC1)CC(=O)N(c1ccc(C(=O)NCCS(=O)(=O)O)cc1)C2. The van der Waals surface area contributed by atoms with Gasteiger partial charge in [0.25, 0.3) is 16.0 Å². The van der Waals surface area contributed by atoms with E-state index in [0.717, 1.165) is 55.6 Å². The van der Waals surface area contributed by atoms with E-state index in [9.17, 15) is 22.8 Å². The quantitative estimate of drug-likeness (QED) is 0.288. The van der Waals surface area contributed by atoms with Gasteiger partial charge < -0.3 is 19.7 Å². The number of hydrogen-bond acceptors (Lipinski definition) is 8. The van der Waals surface area contributed by atoms with Gasteiger partial charge in [0.15, 0.2) is 0 Å². The summed E-state index contributed by atoms with van der Waals surface area (Å²) in [6.45, 7) is 5.23. The fourth-order valence-electron chi connectivity index (χ4n) is 6.16. The van der Waals surface area contributed by atoms with Crippen LogP contribution in [-0.4, -0.2) is 81.3 Å². The maximum absolute atomic E-state index is 13.1. The van der Waals surface area contributed by atoms with Crippen molar-refractivity contribution in [1.29, 1.82) is 0 Å². The van der Waals surface area contributed by atoms with E-state index in [1.807, 2.05) is 13.0 Å². The molecule has 0 radical (unpaired) electrons. The van der Waals surface area contributed by atoms with Crippen LogP contribution in [0.3, 0.4) is 0 Å². The van der Waals surface area contributed by atoms with Crippen LogP contribution in [0.15, 0.2) is 36.4 Å². The Hall–Kier alpha value is -3.48. The second-order valence-corrected chi connectivity index (χ2v) is 13.3. The van der Waals surface area contributed by atoms with Crippen LogP contribution in [0.25, 0.3) is 0 Å². The molecule has 0 bridgehead atoms. The van der Waals surface area contributed by atoms with Crippen molar-refractivity contribution < 1.29 is 36.8 Å². The average molecular weight is 614 g/mol. The van der Waals surface area contributed by atoms with Gasteiger partial charge in [-0.25, -0.2) is 4.79 Å². The Balaban J connectivity index is 1.21. The molecular weight excluding hydrogens is 574 g/mol. The summed E-state index contributed by atoms with van der Waals surface area (Å²) in [6, 6.07) is 10.6. The van der Waals surface area contributed by atoms with Crippen LogP contribution in [-0.2, 0) is 26.2 Å². The highest BCUT2D eigenvalue weighted by atomic mass is 32.2. The van der Waals surface area contributed by atoms with E-state index >= 15 is 0 Å². The van der Waals surface area contributed by atoms with Crippen LogP contribution < -0.4 is 15.0 Å². The van der Waals surface area contributed by atoms with Gasteiger partial charge in [-0.1, -0.05) is 0 Å². The minimum absolute atomic E-state index is 0.0601. The van der Waals surface area contributed by atoms with Crippen molar-refractivity contribution >= 4 is 33.6 Å². The molecule has 1 saturated carbocycles. The summed E-state index contributed by atoms with van der Waals surface area (Å²) in [5, 5.41) is 2.46. The average Bonchev–Trinajstić information content (AvgIpc) is 3.77. The molecule has 43 heavy (non-hydrogen) atoms. The van der Waals surface area contributed by atoms with Crippen molar-refractivity contribution in [2.24, 2.45) is 5.41 Å². The summed E-state index contributed by atoms with van der Waals surface area (Å²) in [4.78, 5) is 42.1. The number of hydrogen-bond donors (Lipinski definition) is 2. The minimum Gasteiger partial charge on any atom is -0.494 e. The standard InChI is InChI=1S/C31H39N3O8S/c1-3-42-27-17-26(30(37)41-2)25(21-4-5-21)16-23(27)19-33-13-10-31(11-14-33)18-28(35)34(20-31)24-8-6-22(7-9-24)29(36)32-12-15-43(38,39)40/h6-9,16-17,21H,3-5,10-15,18-20H2,1-2H3,(H,32,36)(H,38,39,40). The van der Waals surface area contributed by atoms with Crippen molar-refractivity contribution in [1.82, 2.24) is 10.2 Å². The molecule has 0 atom stereocenters. The number of piperidine rings is 1. The Labute approximate surface area is 252 Å². The number of carbonyl (C=O) groups is 3. The molecule has 2 aromatic rings. The van der Waals surface area contributed by atoms with E-state index in [4.69, 9.17) is 14.0 Å². The third-order valence-electron chi connectivity index (χ3n) is 8.67. The van der Waals surface area contributed by atoms with Gasteiger partial charge in [-0.05, 0) is 99.0 Å². The van der Waals surface area contributed by atoms with Gasteiger partial charge in [0, 0.05) is 42.9 Å². The van der Waals surface area contributed by atoms with Gasteiger partial charge in [-0.15, -0.1) is 0 Å². The molecule has 232 valence electrons. The van der Waals surface area contributed by atoms with Crippen molar-refractivity contribution in [2.75, 3.05) is 50.5 Å². The Morgan fingerprint density at radius 3 is 2.42 bits per heavy atom. The maximum atomic E-state index is 13.1. The van der Waals surface area contributed by atoms with E-state index in [1.165, 1.54) is 7.11 Å². The summed E-state index contributed by atoms with van der Waals surface area (Å²) in [5.41, 5.74) is 3.64. The first kappa shape index (κ1) is 31.0. The molecule has 2 aliphatic heterocycles. The normalized spacial score (nSPS) is 18.6. The largest absolute Gasteiger partial charge is 0.494 e. The zero-order valence-electron chi connectivity index (χ0n) is 24.6. The topological polar surface area (TPSA) is 143 Å². The number of ether oxygens (including phenoxy) is 2. The lowest BCUT2D eigenvalue weighted by molar-refractivity contribution is -0.118. The van der Waals surface area contributed by atoms with E-state index in [-0.39, 0.29) is 23.8 Å². The first-order valence-electron chi connectivity index (χ1n) is 14.7. The molecule has 5 rings (SSSR count). The zero-order valence-corrected chi connectivity index (χ0v) is 25.5. The Morgan fingerprint density at radius 1 is 1.12 bits per heavy atom. The number of nitrogens with zero attached hydrogens (tertiary/aromatic N) is 2. The molecule has 1 spiro atoms. The number of benzene rings is 2. The number of nitrogens with one attached hydrogen (secondary N) is 1. The molecule has 12 heteroatoms. The number of carbonyl (C=O) groups excluding carboxylic acids is 3. The van der Waals surface area contributed by atoms with Crippen LogP contribution in [0, 0.1) is 5.41 Å². The predicted molar refractivity (Wildman–Crippen MR) is 160 cm³/mol. The summed E-state index contributed by atoms with van der Waals surface area (Å²) in [6.07, 6.45) is 4.37. The van der Waals surface area contributed by atoms with Crippen molar-refractivity contribution in [3.05, 3.63) is 58.7 Å². The van der Waals surface area contributed by atoms with E-state index in [2.05, 4.69) is 16.3 Å². The van der Waals surface area contributed by atoms with Crippen molar-refractivity contribution in [2.45, 2.75) is 51.5 Å². The Morgan fingerprint density at radius 2 is 1.81 bits per heavy atom. The monoisotopic (exact) mass is 613 g/mol. The molecular formula is C31H39N3O8S. The van der Waals surface area contributed by atoms with Crippen molar-refractivity contribution in [3.63, 3.8) is 0 Å². The molecule has 1 aliphatic carbocycles. The summed E-state index contributed by atoms with van der Waals surface area (Å²) in [5.74, 6) is -0.190. The van der Waals surface area contributed by atoms with Gasteiger partial charge in [0.2, 0.25) is 5.91 Å². The highest BCUT2D eigenvalue weighted by Gasteiger charge is 2.45. The number of likely N-dealkylation sites (tertiary alicyclic amines) is 1. The number of rotatable bonds is 11. The molecule has 2 aromatic carbocycles. The van der Waals surface area contributed by atoms with E-state index in [0.29, 0.717) is 48.9 Å². The zero-order chi connectivity index (χ0) is 30.8. The minimum atomic E-state index is -4.15. The molecule has 3 fully saturated rings. The molecule has 0 aromatic heterocycles. The molecule has 0 unspecified atom stereocenters. The highest BCUT2D eigenvalue weighted by molar-refractivity contribution is 7.85. The van der Waals surface area contributed by atoms with Gasteiger partial charge in [0.05, 0.1) is 25.0 Å². The number of esters is 1. The molecule has 2 N–H and O–H groups in total. The molecule has 11 nitrogen and oxygen atoms in total. The van der Waals surface area contributed by atoms with E-state index < -0.39 is 21.8 Å². The fourth-order valence-corrected chi connectivity index (χ4v) is 6.52. The Bertz CT molecular complexity index is 1480. The summed E-state index contributed by atoms with van der Waals surface area (Å²) < 4.78 is 41.5. The third kappa shape index (κ3) is 7.36. The lowest BCUT2D eigenvalue weighted by Crippen LogP contribution is -2.41. The lowest BCUT2D eigenvalue weighted by atomic mass is 9.77. The Kier molecular flexibility index (Phi) is 9.10. The second kappa shape index (κ2) is 12.6. The van der Waals surface area contributed by atoms with Gasteiger partial charge in [-0.3, -0.25) is 19.0 Å². The van der Waals surface area contributed by atoms with Gasteiger partial charge >= 0.3 is 5.97 Å². The maximum Gasteiger partial charge on any atom is 0.338 e. The highest BCUT2D eigenvalue weighted by Crippen LogP contribution is 2.45. The molecule has 2 amide bonds. The van der Waals surface area contributed by atoms with Crippen LogP contribution in [0.1, 0.15) is 76.8 Å². The molecule has 2 saturated heterocycles. The van der Waals surface area contributed by atoms with Crippen LogP contribution in [0.2, 0.25) is 0 Å². The summed E-state index contributed by atoms with van der Waals surface area (Å²) >= 11 is 0. The predicted octanol–water partition coefficient (Wildman–Crippen LogP) is 3.39. The van der Waals surface area contributed by atoms with Crippen LogP contribution in [0.5, 0.6) is 5.75 Å². The van der Waals surface area contributed by atoms with Crippen LogP contribution >= 0.6 is 0 Å². The third-order valence-corrected chi connectivity index (χ3v) is 9.39. The summed E-state index contributed by atoms with van der Waals surface area (Å²) in [7, 11) is -2.75. The number of amides is 2. The van der Waals surface area contributed by atoms with Gasteiger partial charge in [-0.2, -0.15) is 8.42 Å².